The molecule has 2 aromatic rings. The molecule has 5 nitrogen and oxygen atoms in total. The summed E-state index contributed by atoms with van der Waals surface area (Å²) < 4.78 is 1.80. The molecule has 2 rings (SSSR count). The molecular weight excluding hydrogens is 250 g/mol. The molecule has 0 bridgehead atoms. The molecule has 0 amide bonds. The van der Waals surface area contributed by atoms with Crippen molar-refractivity contribution in [3.63, 3.8) is 0 Å². The number of fused-ring (bicyclic) bond motifs is 1. The first kappa shape index (κ1) is 14.9. The van der Waals surface area contributed by atoms with Crippen molar-refractivity contribution in [3.05, 3.63) is 18.2 Å². The highest BCUT2D eigenvalue weighted by molar-refractivity contribution is 5.76. The van der Waals surface area contributed by atoms with Gasteiger partial charge >= 0.3 is 0 Å². The first-order valence-electron chi connectivity index (χ1n) is 7.46. The maximum absolute atomic E-state index is 4.47. The van der Waals surface area contributed by atoms with E-state index < -0.39 is 0 Å². The zero-order valence-corrected chi connectivity index (χ0v) is 12.9. The molecule has 0 aliphatic carbocycles. The Morgan fingerprint density at radius 3 is 2.80 bits per heavy atom. The van der Waals surface area contributed by atoms with E-state index in [1.807, 2.05) is 13.2 Å². The molecule has 0 spiro atoms. The normalized spacial score (nSPS) is 13.2. The Morgan fingerprint density at radius 1 is 1.30 bits per heavy atom. The average molecular weight is 275 g/mol. The van der Waals surface area contributed by atoms with Gasteiger partial charge in [0.1, 0.15) is 6.33 Å². The third-order valence-electron chi connectivity index (χ3n) is 3.49. The van der Waals surface area contributed by atoms with E-state index in [2.05, 4.69) is 41.2 Å². The molecule has 0 aromatic carbocycles. The quantitative estimate of drug-likeness (QED) is 0.842. The van der Waals surface area contributed by atoms with E-state index in [9.17, 15) is 0 Å². The smallest absolute Gasteiger partial charge is 0.161 e. The third kappa shape index (κ3) is 3.54. The lowest BCUT2D eigenvalue weighted by atomic mass is 9.98. The molecule has 1 unspecified atom stereocenters. The van der Waals surface area contributed by atoms with Gasteiger partial charge < -0.3 is 5.32 Å². The molecule has 1 atom stereocenters. The van der Waals surface area contributed by atoms with Gasteiger partial charge in [0.2, 0.25) is 0 Å². The van der Waals surface area contributed by atoms with Crippen molar-refractivity contribution in [1.29, 1.82) is 0 Å². The minimum atomic E-state index is 0.466. The average Bonchev–Trinajstić information content (AvgIpc) is 2.78. The van der Waals surface area contributed by atoms with E-state index in [0.29, 0.717) is 12.0 Å². The van der Waals surface area contributed by atoms with E-state index >= 15 is 0 Å². The lowest BCUT2D eigenvalue weighted by Gasteiger charge is -2.20. The molecule has 5 heteroatoms. The fourth-order valence-corrected chi connectivity index (χ4v) is 2.56. The van der Waals surface area contributed by atoms with Crippen LogP contribution in [0.15, 0.2) is 12.5 Å². The van der Waals surface area contributed by atoms with Gasteiger partial charge in [0.15, 0.2) is 5.65 Å². The van der Waals surface area contributed by atoms with Crippen molar-refractivity contribution in [2.45, 2.75) is 46.1 Å². The summed E-state index contributed by atoms with van der Waals surface area (Å²) in [7, 11) is 1.92. The maximum Gasteiger partial charge on any atom is 0.161 e. The van der Waals surface area contributed by atoms with Crippen molar-refractivity contribution < 1.29 is 0 Å². The third-order valence-corrected chi connectivity index (χ3v) is 3.49. The summed E-state index contributed by atoms with van der Waals surface area (Å²) in [4.78, 5) is 8.77. The molecule has 2 aromatic heterocycles. The van der Waals surface area contributed by atoms with Gasteiger partial charge in [0, 0.05) is 19.5 Å². The van der Waals surface area contributed by atoms with Crippen LogP contribution in [0.2, 0.25) is 0 Å². The number of hydrogen-bond donors (Lipinski definition) is 1. The summed E-state index contributed by atoms with van der Waals surface area (Å²) in [5.74, 6) is 0.676. The number of nitrogens with zero attached hydrogens (tertiary/aromatic N) is 4. The van der Waals surface area contributed by atoms with Crippen LogP contribution in [0.1, 0.15) is 39.3 Å². The number of nitrogens with one attached hydrogen (secondary N) is 1. The van der Waals surface area contributed by atoms with Gasteiger partial charge in [-0.2, -0.15) is 5.10 Å². The second-order valence-electron chi connectivity index (χ2n) is 5.81. The first-order valence-corrected chi connectivity index (χ1v) is 7.46. The molecule has 0 saturated carbocycles. The van der Waals surface area contributed by atoms with Gasteiger partial charge in [-0.3, -0.25) is 4.68 Å². The Balaban J connectivity index is 2.18. The number of aromatic nitrogens is 4. The number of rotatable bonds is 7. The molecule has 0 aliphatic heterocycles. The van der Waals surface area contributed by atoms with Crippen molar-refractivity contribution in [1.82, 2.24) is 25.1 Å². The van der Waals surface area contributed by atoms with Gasteiger partial charge in [0.05, 0.1) is 17.3 Å². The standard InChI is InChI=1S/C15H25N5/c1-5-6-16-12(7-11(2)3)8-14-13-9-19-20(4)15(13)18-10-17-14/h9-12,16H,5-8H2,1-4H3. The van der Waals surface area contributed by atoms with Crippen LogP contribution in [0, 0.1) is 5.92 Å². The minimum Gasteiger partial charge on any atom is -0.314 e. The SMILES string of the molecule is CCCNC(Cc1ncnc2c1cnn2C)CC(C)C. The summed E-state index contributed by atoms with van der Waals surface area (Å²) in [6.07, 6.45) is 6.76. The predicted molar refractivity (Wildman–Crippen MR) is 81.5 cm³/mol. The molecule has 0 aliphatic rings. The van der Waals surface area contributed by atoms with E-state index in [0.717, 1.165) is 42.5 Å². The van der Waals surface area contributed by atoms with Crippen molar-refractivity contribution in [2.24, 2.45) is 13.0 Å². The van der Waals surface area contributed by atoms with Crippen molar-refractivity contribution in [3.8, 4) is 0 Å². The molecule has 20 heavy (non-hydrogen) atoms. The highest BCUT2D eigenvalue weighted by atomic mass is 15.3. The van der Waals surface area contributed by atoms with Crippen LogP contribution in [0.25, 0.3) is 11.0 Å². The minimum absolute atomic E-state index is 0.466. The Labute approximate surface area is 120 Å². The van der Waals surface area contributed by atoms with Crippen LogP contribution in [0.3, 0.4) is 0 Å². The van der Waals surface area contributed by atoms with E-state index in [4.69, 9.17) is 0 Å². The fraction of sp³-hybridized carbons (Fsp3) is 0.667. The van der Waals surface area contributed by atoms with Crippen LogP contribution >= 0.6 is 0 Å². The van der Waals surface area contributed by atoms with Crippen LogP contribution < -0.4 is 5.32 Å². The molecule has 0 saturated heterocycles. The Morgan fingerprint density at radius 2 is 2.10 bits per heavy atom. The van der Waals surface area contributed by atoms with Gasteiger partial charge in [-0.15, -0.1) is 0 Å². The van der Waals surface area contributed by atoms with Crippen molar-refractivity contribution >= 4 is 11.0 Å². The zero-order chi connectivity index (χ0) is 14.5. The maximum atomic E-state index is 4.47. The summed E-state index contributed by atoms with van der Waals surface area (Å²) in [5, 5.41) is 8.99. The molecule has 1 N–H and O–H groups in total. The second-order valence-corrected chi connectivity index (χ2v) is 5.81. The Bertz CT molecular complexity index is 546. The van der Waals surface area contributed by atoms with Crippen LogP contribution in [0.4, 0.5) is 0 Å². The van der Waals surface area contributed by atoms with Gasteiger partial charge in [-0.25, -0.2) is 9.97 Å². The highest BCUT2D eigenvalue weighted by Crippen LogP contribution is 2.17. The largest absolute Gasteiger partial charge is 0.314 e. The van der Waals surface area contributed by atoms with Crippen LogP contribution in [-0.4, -0.2) is 32.3 Å². The van der Waals surface area contributed by atoms with E-state index in [-0.39, 0.29) is 0 Å². The van der Waals surface area contributed by atoms with E-state index in [1.54, 1.807) is 11.0 Å². The molecule has 0 radical (unpaired) electrons. The second kappa shape index (κ2) is 6.79. The first-order chi connectivity index (χ1) is 9.61. The predicted octanol–water partition coefficient (Wildman–Crippen LogP) is 2.32. The topological polar surface area (TPSA) is 55.6 Å². The van der Waals surface area contributed by atoms with Gasteiger partial charge in [-0.05, 0) is 25.3 Å². The summed E-state index contributed by atoms with van der Waals surface area (Å²) in [6, 6.07) is 0.466. The molecule has 0 fully saturated rings. The molecule has 2 heterocycles. The lowest BCUT2D eigenvalue weighted by molar-refractivity contribution is 0.414. The number of aryl methyl sites for hydroxylation is 1. The van der Waals surface area contributed by atoms with E-state index in [1.165, 1.54) is 0 Å². The Hall–Kier alpha value is -1.49. The Kier molecular flexibility index (Phi) is 5.06. The summed E-state index contributed by atoms with van der Waals surface area (Å²) >= 11 is 0. The zero-order valence-electron chi connectivity index (χ0n) is 12.9. The summed E-state index contributed by atoms with van der Waals surface area (Å²) in [6.45, 7) is 7.78. The van der Waals surface area contributed by atoms with Gasteiger partial charge in [0.25, 0.3) is 0 Å². The van der Waals surface area contributed by atoms with Crippen LogP contribution in [-0.2, 0) is 13.5 Å². The van der Waals surface area contributed by atoms with Gasteiger partial charge in [-0.1, -0.05) is 20.8 Å². The lowest BCUT2D eigenvalue weighted by Crippen LogP contribution is -2.33. The van der Waals surface area contributed by atoms with Crippen molar-refractivity contribution in [2.75, 3.05) is 6.54 Å². The molecule has 110 valence electrons. The fourth-order valence-electron chi connectivity index (χ4n) is 2.56. The summed E-state index contributed by atoms with van der Waals surface area (Å²) in [5.41, 5.74) is 2.01. The monoisotopic (exact) mass is 275 g/mol. The van der Waals surface area contributed by atoms with Crippen LogP contribution in [0.5, 0.6) is 0 Å². The molecular formula is C15H25N5. The number of hydrogen-bond acceptors (Lipinski definition) is 4. The highest BCUT2D eigenvalue weighted by Gasteiger charge is 2.15.